The highest BCUT2D eigenvalue weighted by Crippen LogP contribution is 2.32. The lowest BCUT2D eigenvalue weighted by molar-refractivity contribution is 0.0951. The van der Waals surface area contributed by atoms with Crippen molar-refractivity contribution in [1.82, 2.24) is 15.5 Å². The Morgan fingerprint density at radius 2 is 2.09 bits per heavy atom. The second-order valence-corrected chi connectivity index (χ2v) is 5.04. The van der Waals surface area contributed by atoms with Crippen molar-refractivity contribution >= 4 is 16.8 Å². The molecule has 0 unspecified atom stereocenters. The number of carbonyl (C=O) groups excluding carboxylic acids is 1. The van der Waals surface area contributed by atoms with Gasteiger partial charge in [-0.05, 0) is 29.8 Å². The van der Waals surface area contributed by atoms with Gasteiger partial charge < -0.3 is 14.8 Å². The van der Waals surface area contributed by atoms with Gasteiger partial charge in [0.2, 0.25) is 6.79 Å². The normalized spacial score (nSPS) is 12.5. The van der Waals surface area contributed by atoms with E-state index < -0.39 is 0 Å². The Morgan fingerprint density at radius 1 is 1.18 bits per heavy atom. The van der Waals surface area contributed by atoms with Crippen LogP contribution in [-0.4, -0.2) is 22.9 Å². The molecule has 1 aromatic heterocycles. The highest BCUT2D eigenvalue weighted by atomic mass is 16.7. The molecule has 0 atom stereocenters. The summed E-state index contributed by atoms with van der Waals surface area (Å²) >= 11 is 0. The zero-order valence-electron chi connectivity index (χ0n) is 11.6. The molecule has 2 aromatic carbocycles. The topological polar surface area (TPSA) is 76.2 Å². The van der Waals surface area contributed by atoms with Crippen molar-refractivity contribution < 1.29 is 14.3 Å². The largest absolute Gasteiger partial charge is 0.454 e. The van der Waals surface area contributed by atoms with Gasteiger partial charge in [0.25, 0.3) is 5.91 Å². The first kappa shape index (κ1) is 12.7. The van der Waals surface area contributed by atoms with Gasteiger partial charge in [0.15, 0.2) is 11.5 Å². The standard InChI is InChI=1S/C16H13N3O3/c20-16(11-2-3-12-8-18-19-13(12)6-11)17-7-10-1-4-14-15(5-10)22-9-21-14/h1-6,8H,7,9H2,(H,17,20)(H,18,19). The van der Waals surface area contributed by atoms with Gasteiger partial charge in [0, 0.05) is 17.5 Å². The van der Waals surface area contributed by atoms with E-state index in [1.165, 1.54) is 0 Å². The Bertz CT molecular complexity index is 857. The molecule has 0 fully saturated rings. The lowest BCUT2D eigenvalue weighted by Crippen LogP contribution is -2.22. The predicted octanol–water partition coefficient (Wildman–Crippen LogP) is 2.22. The van der Waals surface area contributed by atoms with Crippen LogP contribution in [0.15, 0.2) is 42.6 Å². The van der Waals surface area contributed by atoms with E-state index in [1.807, 2.05) is 24.3 Å². The van der Waals surface area contributed by atoms with E-state index in [2.05, 4.69) is 15.5 Å². The molecular formula is C16H13N3O3. The van der Waals surface area contributed by atoms with Crippen LogP contribution in [0.1, 0.15) is 15.9 Å². The van der Waals surface area contributed by atoms with Gasteiger partial charge in [0.05, 0.1) is 11.7 Å². The summed E-state index contributed by atoms with van der Waals surface area (Å²) in [4.78, 5) is 12.2. The maximum Gasteiger partial charge on any atom is 0.251 e. The number of ether oxygens (including phenoxy) is 2. The number of hydrogen-bond acceptors (Lipinski definition) is 4. The molecule has 4 rings (SSSR count). The SMILES string of the molecule is O=C(NCc1ccc2c(c1)OCO2)c1ccc2cn[nH]c2c1. The average Bonchev–Trinajstić information content (AvgIpc) is 3.19. The van der Waals surface area contributed by atoms with E-state index in [4.69, 9.17) is 9.47 Å². The third-order valence-corrected chi connectivity index (χ3v) is 3.59. The Kier molecular flexibility index (Phi) is 2.93. The smallest absolute Gasteiger partial charge is 0.251 e. The van der Waals surface area contributed by atoms with E-state index in [-0.39, 0.29) is 12.7 Å². The first-order valence-corrected chi connectivity index (χ1v) is 6.89. The minimum Gasteiger partial charge on any atom is -0.454 e. The van der Waals surface area contributed by atoms with E-state index in [1.54, 1.807) is 18.3 Å². The monoisotopic (exact) mass is 295 g/mol. The van der Waals surface area contributed by atoms with Gasteiger partial charge in [-0.25, -0.2) is 0 Å². The quantitative estimate of drug-likeness (QED) is 0.777. The Balaban J connectivity index is 1.47. The fourth-order valence-electron chi connectivity index (χ4n) is 2.41. The van der Waals surface area contributed by atoms with Gasteiger partial charge in [-0.3, -0.25) is 9.89 Å². The molecule has 0 aliphatic carbocycles. The number of nitrogens with one attached hydrogen (secondary N) is 2. The summed E-state index contributed by atoms with van der Waals surface area (Å²) in [6.07, 6.45) is 1.73. The summed E-state index contributed by atoms with van der Waals surface area (Å²) in [7, 11) is 0. The number of carbonyl (C=O) groups is 1. The molecule has 6 nitrogen and oxygen atoms in total. The summed E-state index contributed by atoms with van der Waals surface area (Å²) in [5, 5.41) is 10.7. The molecule has 1 aliphatic rings. The molecule has 0 saturated carbocycles. The van der Waals surface area contributed by atoms with Gasteiger partial charge in [-0.1, -0.05) is 12.1 Å². The minimum absolute atomic E-state index is 0.130. The second kappa shape index (κ2) is 5.07. The third kappa shape index (κ3) is 2.24. The van der Waals surface area contributed by atoms with Crippen LogP contribution in [0.3, 0.4) is 0 Å². The second-order valence-electron chi connectivity index (χ2n) is 5.04. The van der Waals surface area contributed by atoms with Gasteiger partial charge in [0.1, 0.15) is 0 Å². The molecule has 1 amide bonds. The number of aromatic nitrogens is 2. The van der Waals surface area contributed by atoms with Crippen molar-refractivity contribution in [2.75, 3.05) is 6.79 Å². The van der Waals surface area contributed by atoms with E-state index >= 15 is 0 Å². The average molecular weight is 295 g/mol. The van der Waals surface area contributed by atoms with Crippen LogP contribution < -0.4 is 14.8 Å². The zero-order chi connectivity index (χ0) is 14.9. The van der Waals surface area contributed by atoms with E-state index in [0.717, 1.165) is 22.2 Å². The molecule has 0 radical (unpaired) electrons. The molecule has 3 aromatic rings. The van der Waals surface area contributed by atoms with Crippen LogP contribution in [0.4, 0.5) is 0 Å². The van der Waals surface area contributed by atoms with Crippen LogP contribution in [0.5, 0.6) is 11.5 Å². The van der Waals surface area contributed by atoms with Gasteiger partial charge in [-0.15, -0.1) is 0 Å². The number of nitrogens with zero attached hydrogens (tertiary/aromatic N) is 1. The molecule has 2 heterocycles. The van der Waals surface area contributed by atoms with Crippen LogP contribution in [0.25, 0.3) is 10.9 Å². The van der Waals surface area contributed by atoms with Crippen LogP contribution in [0.2, 0.25) is 0 Å². The van der Waals surface area contributed by atoms with Crippen molar-refractivity contribution in [3.63, 3.8) is 0 Å². The Hall–Kier alpha value is -3.02. The van der Waals surface area contributed by atoms with Crippen molar-refractivity contribution in [2.45, 2.75) is 6.54 Å². The van der Waals surface area contributed by atoms with Crippen molar-refractivity contribution in [1.29, 1.82) is 0 Å². The summed E-state index contributed by atoms with van der Waals surface area (Å²) in [6, 6.07) is 11.1. The first-order valence-electron chi connectivity index (χ1n) is 6.89. The number of amides is 1. The summed E-state index contributed by atoms with van der Waals surface area (Å²) < 4.78 is 10.6. The number of benzene rings is 2. The molecular weight excluding hydrogens is 282 g/mol. The lowest BCUT2D eigenvalue weighted by Gasteiger charge is -2.06. The van der Waals surface area contributed by atoms with Crippen molar-refractivity contribution in [2.24, 2.45) is 0 Å². The number of H-pyrrole nitrogens is 1. The van der Waals surface area contributed by atoms with Crippen LogP contribution in [0, 0.1) is 0 Å². The highest BCUT2D eigenvalue weighted by molar-refractivity contribution is 5.97. The predicted molar refractivity (Wildman–Crippen MR) is 79.8 cm³/mol. The van der Waals surface area contributed by atoms with Crippen LogP contribution >= 0.6 is 0 Å². The molecule has 6 heteroatoms. The van der Waals surface area contributed by atoms with Gasteiger partial charge >= 0.3 is 0 Å². The molecule has 2 N–H and O–H groups in total. The summed E-state index contributed by atoms with van der Waals surface area (Å²) in [5.74, 6) is 1.32. The molecule has 0 bridgehead atoms. The number of rotatable bonds is 3. The molecule has 0 spiro atoms. The summed E-state index contributed by atoms with van der Waals surface area (Å²) in [5.41, 5.74) is 2.40. The molecule has 110 valence electrons. The van der Waals surface area contributed by atoms with E-state index in [9.17, 15) is 4.79 Å². The molecule has 1 aliphatic heterocycles. The maximum atomic E-state index is 12.2. The lowest BCUT2D eigenvalue weighted by atomic mass is 10.1. The number of hydrogen-bond donors (Lipinski definition) is 2. The Labute approximate surface area is 126 Å². The fraction of sp³-hybridized carbons (Fsp3) is 0.125. The zero-order valence-corrected chi connectivity index (χ0v) is 11.6. The third-order valence-electron chi connectivity index (χ3n) is 3.59. The number of fused-ring (bicyclic) bond motifs is 2. The van der Waals surface area contributed by atoms with Crippen molar-refractivity contribution in [3.8, 4) is 11.5 Å². The Morgan fingerprint density at radius 3 is 3.05 bits per heavy atom. The van der Waals surface area contributed by atoms with Gasteiger partial charge in [-0.2, -0.15) is 5.10 Å². The van der Waals surface area contributed by atoms with Crippen LogP contribution in [-0.2, 0) is 6.54 Å². The first-order chi connectivity index (χ1) is 10.8. The fourth-order valence-corrected chi connectivity index (χ4v) is 2.41. The maximum absolute atomic E-state index is 12.2. The van der Waals surface area contributed by atoms with E-state index in [0.29, 0.717) is 17.9 Å². The minimum atomic E-state index is -0.130. The van der Waals surface area contributed by atoms with Crippen molar-refractivity contribution in [3.05, 3.63) is 53.7 Å². The summed E-state index contributed by atoms with van der Waals surface area (Å²) in [6.45, 7) is 0.672. The highest BCUT2D eigenvalue weighted by Gasteiger charge is 2.13. The molecule has 0 saturated heterocycles. The number of aromatic amines is 1. The molecule has 22 heavy (non-hydrogen) atoms.